The number of methoxy groups -OCH3 is 1. The van der Waals surface area contributed by atoms with E-state index in [2.05, 4.69) is 9.72 Å². The maximum absolute atomic E-state index is 13.4. The number of nitrogen functional groups attached to an aromatic ring is 1. The van der Waals surface area contributed by atoms with Crippen LogP contribution in [0.2, 0.25) is 5.15 Å². The molecule has 0 saturated carbocycles. The van der Waals surface area contributed by atoms with E-state index < -0.39 is 16.9 Å². The highest BCUT2D eigenvalue weighted by Gasteiger charge is 2.20. The highest BCUT2D eigenvalue weighted by atomic mass is 35.5. The van der Waals surface area contributed by atoms with E-state index in [1.54, 1.807) is 13.0 Å². The highest BCUT2D eigenvalue weighted by molar-refractivity contribution is 6.30. The third-order valence-electron chi connectivity index (χ3n) is 1.88. The van der Waals surface area contributed by atoms with Crippen molar-refractivity contribution in [2.24, 2.45) is 0 Å². The molecule has 0 radical (unpaired) electrons. The molecule has 0 unspecified atom stereocenters. The molecule has 86 valence electrons. The lowest BCUT2D eigenvalue weighted by atomic mass is 10.1. The largest absolute Gasteiger partial charge is 0.464 e. The molecule has 0 aliphatic carbocycles. The fourth-order valence-electron chi connectivity index (χ4n) is 1.15. The predicted molar refractivity (Wildman–Crippen MR) is 59.7 cm³/mol. The van der Waals surface area contributed by atoms with Crippen LogP contribution in [0, 0.1) is 5.82 Å². The molecule has 0 saturated heterocycles. The molecule has 6 heteroatoms. The lowest BCUT2D eigenvalue weighted by molar-refractivity contribution is 0.0593. The summed E-state index contributed by atoms with van der Waals surface area (Å²) < 4.78 is 17.9. The standard InChI is InChI=1S/C10H10ClFN2O2/c1-3-4-5-7(13)6(12)9(11)14-8(5)10(15)16-2/h3-4H,1-2H3,(H2,13,14)/b4-3-. The second kappa shape index (κ2) is 4.94. The average molecular weight is 245 g/mol. The second-order valence-electron chi connectivity index (χ2n) is 2.88. The Bertz CT molecular complexity index is 461. The van der Waals surface area contributed by atoms with Gasteiger partial charge in [0.1, 0.15) is 0 Å². The molecule has 0 spiro atoms. The Balaban J connectivity index is 3.52. The van der Waals surface area contributed by atoms with Crippen LogP contribution in [0.5, 0.6) is 0 Å². The van der Waals surface area contributed by atoms with E-state index in [1.165, 1.54) is 13.2 Å². The maximum atomic E-state index is 13.4. The van der Waals surface area contributed by atoms with Crippen molar-refractivity contribution in [1.82, 2.24) is 4.98 Å². The maximum Gasteiger partial charge on any atom is 0.357 e. The normalized spacial score (nSPS) is 10.8. The molecule has 4 nitrogen and oxygen atoms in total. The summed E-state index contributed by atoms with van der Waals surface area (Å²) in [7, 11) is 1.19. The Morgan fingerprint density at radius 3 is 2.75 bits per heavy atom. The van der Waals surface area contributed by atoms with Crippen LogP contribution < -0.4 is 5.73 Å². The molecule has 0 aliphatic heterocycles. The molecule has 0 amide bonds. The Hall–Kier alpha value is -1.62. The van der Waals surface area contributed by atoms with Gasteiger partial charge in [0, 0.05) is 5.56 Å². The highest BCUT2D eigenvalue weighted by Crippen LogP contribution is 2.26. The number of anilines is 1. The van der Waals surface area contributed by atoms with Crippen LogP contribution in [0.4, 0.5) is 10.1 Å². The van der Waals surface area contributed by atoms with Crippen molar-refractivity contribution in [1.29, 1.82) is 0 Å². The van der Waals surface area contributed by atoms with Crippen LogP contribution in [-0.2, 0) is 4.74 Å². The smallest absolute Gasteiger partial charge is 0.357 e. The second-order valence-corrected chi connectivity index (χ2v) is 3.24. The molecule has 0 aliphatic rings. The van der Waals surface area contributed by atoms with E-state index in [9.17, 15) is 9.18 Å². The zero-order valence-corrected chi connectivity index (χ0v) is 9.51. The number of pyridine rings is 1. The van der Waals surface area contributed by atoms with Gasteiger partial charge in [-0.1, -0.05) is 23.8 Å². The molecule has 2 N–H and O–H groups in total. The Morgan fingerprint density at radius 1 is 1.62 bits per heavy atom. The van der Waals surface area contributed by atoms with Crippen molar-refractivity contribution in [3.05, 3.63) is 28.3 Å². The SMILES string of the molecule is C/C=C\c1c(C(=O)OC)nc(Cl)c(F)c1N. The van der Waals surface area contributed by atoms with Gasteiger partial charge in [0.25, 0.3) is 0 Å². The molecule has 1 rings (SSSR count). The number of ether oxygens (including phenoxy) is 1. The van der Waals surface area contributed by atoms with Gasteiger partial charge in [-0.05, 0) is 6.92 Å². The van der Waals surface area contributed by atoms with E-state index in [-0.39, 0.29) is 16.9 Å². The average Bonchev–Trinajstić information content (AvgIpc) is 2.28. The Labute approximate surface area is 96.9 Å². The number of esters is 1. The van der Waals surface area contributed by atoms with Gasteiger partial charge < -0.3 is 10.5 Å². The molecule has 0 atom stereocenters. The fraction of sp³-hybridized carbons (Fsp3) is 0.200. The lowest BCUT2D eigenvalue weighted by Crippen LogP contribution is -2.11. The van der Waals surface area contributed by atoms with Gasteiger partial charge in [-0.2, -0.15) is 0 Å². The topological polar surface area (TPSA) is 65.2 Å². The first kappa shape index (κ1) is 12.4. The zero-order valence-electron chi connectivity index (χ0n) is 8.75. The van der Waals surface area contributed by atoms with E-state index >= 15 is 0 Å². The summed E-state index contributed by atoms with van der Waals surface area (Å²) in [4.78, 5) is 15.0. The third kappa shape index (κ3) is 2.14. The van der Waals surface area contributed by atoms with Crippen molar-refractivity contribution in [3.63, 3.8) is 0 Å². The molecule has 1 aromatic rings. The minimum absolute atomic E-state index is 0.107. The summed E-state index contributed by atoms with van der Waals surface area (Å²) in [5, 5.41) is -0.453. The van der Waals surface area contributed by atoms with Crippen molar-refractivity contribution in [3.8, 4) is 0 Å². The molecule has 0 fully saturated rings. The quantitative estimate of drug-likeness (QED) is 0.640. The lowest BCUT2D eigenvalue weighted by Gasteiger charge is -2.08. The summed E-state index contributed by atoms with van der Waals surface area (Å²) in [6.45, 7) is 1.70. The molecule has 1 heterocycles. The number of nitrogens with two attached hydrogens (primary N) is 1. The van der Waals surface area contributed by atoms with Gasteiger partial charge in [-0.15, -0.1) is 0 Å². The number of aromatic nitrogens is 1. The third-order valence-corrected chi connectivity index (χ3v) is 2.14. The Morgan fingerprint density at radius 2 is 2.25 bits per heavy atom. The number of carbonyl (C=O) groups excluding carboxylic acids is 1. The van der Waals surface area contributed by atoms with Crippen LogP contribution in [0.15, 0.2) is 6.08 Å². The first-order valence-corrected chi connectivity index (χ1v) is 4.76. The van der Waals surface area contributed by atoms with Crippen LogP contribution in [0.25, 0.3) is 6.08 Å². The van der Waals surface area contributed by atoms with Crippen LogP contribution in [-0.4, -0.2) is 18.1 Å². The fourth-order valence-corrected chi connectivity index (χ4v) is 1.34. The van der Waals surface area contributed by atoms with Crippen molar-refractivity contribution >= 4 is 29.3 Å². The minimum atomic E-state index is -0.845. The summed E-state index contributed by atoms with van der Waals surface area (Å²) in [5.74, 6) is -1.57. The predicted octanol–water partition coefficient (Wildman–Crippen LogP) is 2.28. The zero-order chi connectivity index (χ0) is 12.3. The number of nitrogens with zero attached hydrogens (tertiary/aromatic N) is 1. The summed E-state index contributed by atoms with van der Waals surface area (Å²) in [5.41, 5.74) is 5.34. The molecular weight excluding hydrogens is 235 g/mol. The van der Waals surface area contributed by atoms with Gasteiger partial charge in [-0.25, -0.2) is 14.2 Å². The van der Waals surface area contributed by atoms with Gasteiger partial charge >= 0.3 is 5.97 Å². The van der Waals surface area contributed by atoms with Gasteiger partial charge in [0.2, 0.25) is 0 Å². The number of carbonyl (C=O) groups is 1. The van der Waals surface area contributed by atoms with E-state index in [0.29, 0.717) is 0 Å². The molecule has 16 heavy (non-hydrogen) atoms. The Kier molecular flexibility index (Phi) is 3.84. The first-order chi connectivity index (χ1) is 7.52. The minimum Gasteiger partial charge on any atom is -0.464 e. The van der Waals surface area contributed by atoms with Crippen LogP contribution >= 0.6 is 11.6 Å². The monoisotopic (exact) mass is 244 g/mol. The first-order valence-electron chi connectivity index (χ1n) is 4.38. The summed E-state index contributed by atoms with van der Waals surface area (Å²) in [6, 6.07) is 0. The van der Waals surface area contributed by atoms with Crippen molar-refractivity contribution in [2.45, 2.75) is 6.92 Å². The summed E-state index contributed by atoms with van der Waals surface area (Å²) >= 11 is 5.49. The number of hydrogen-bond acceptors (Lipinski definition) is 4. The van der Waals surface area contributed by atoms with Gasteiger partial charge in [-0.3, -0.25) is 0 Å². The van der Waals surface area contributed by atoms with Crippen molar-refractivity contribution in [2.75, 3.05) is 12.8 Å². The number of halogens is 2. The molecule has 1 aromatic heterocycles. The van der Waals surface area contributed by atoms with Crippen molar-refractivity contribution < 1.29 is 13.9 Å². The number of rotatable bonds is 2. The van der Waals surface area contributed by atoms with E-state index in [1.807, 2.05) is 0 Å². The van der Waals surface area contributed by atoms with Gasteiger partial charge in [0.15, 0.2) is 16.7 Å². The van der Waals surface area contributed by atoms with Crippen LogP contribution in [0.3, 0.4) is 0 Å². The summed E-state index contributed by atoms with van der Waals surface area (Å²) in [6.07, 6.45) is 3.07. The molecule has 0 aromatic carbocycles. The van der Waals surface area contributed by atoms with Gasteiger partial charge in [0.05, 0.1) is 12.8 Å². The molecular formula is C10H10ClFN2O2. The van der Waals surface area contributed by atoms with Crippen LogP contribution in [0.1, 0.15) is 23.0 Å². The van der Waals surface area contributed by atoms with E-state index in [4.69, 9.17) is 17.3 Å². The molecule has 0 bridgehead atoms. The number of allylic oxidation sites excluding steroid dienone is 1. The van der Waals surface area contributed by atoms with E-state index in [0.717, 1.165) is 0 Å². The number of hydrogen-bond donors (Lipinski definition) is 1.